The minimum absolute atomic E-state index is 0.107. The van der Waals surface area contributed by atoms with E-state index in [0.717, 1.165) is 37.3 Å². The number of nitrogens with one attached hydrogen (secondary N) is 1. The zero-order valence-electron chi connectivity index (χ0n) is 14.5. The van der Waals surface area contributed by atoms with Gasteiger partial charge in [-0.15, -0.1) is 0 Å². The normalized spacial score (nSPS) is 27.8. The van der Waals surface area contributed by atoms with E-state index in [1.165, 1.54) is 12.8 Å². The Labute approximate surface area is 147 Å². The molecule has 2 amide bonds. The number of hydrogen-bond donors (Lipinski definition) is 2. The van der Waals surface area contributed by atoms with Crippen LogP contribution >= 0.6 is 0 Å². The Balaban J connectivity index is 1.30. The second-order valence-electron chi connectivity index (χ2n) is 7.71. The molecule has 7 nitrogen and oxygen atoms in total. The number of imidazole rings is 1. The van der Waals surface area contributed by atoms with E-state index >= 15 is 0 Å². The molecule has 7 heteroatoms. The molecule has 136 valence electrons. The topological polar surface area (TPSA) is 87.5 Å². The van der Waals surface area contributed by atoms with E-state index in [-0.39, 0.29) is 11.9 Å². The molecule has 1 aromatic heterocycles. The minimum atomic E-state index is -0.742. The SMILES string of the molecule is O=C(NCCc1cn2c(n1)CCCC2)N1C[C@@H]2CCC[C@@]2(C(=O)O)C1. The molecule has 1 saturated heterocycles. The van der Waals surface area contributed by atoms with Crippen LogP contribution in [-0.4, -0.2) is 51.2 Å². The monoisotopic (exact) mass is 346 g/mol. The number of carboxylic acid groups (broad SMARTS) is 1. The number of carbonyl (C=O) groups is 2. The molecule has 0 bridgehead atoms. The third kappa shape index (κ3) is 2.89. The lowest BCUT2D eigenvalue weighted by atomic mass is 9.81. The predicted molar refractivity (Wildman–Crippen MR) is 91.3 cm³/mol. The summed E-state index contributed by atoms with van der Waals surface area (Å²) in [7, 11) is 0. The van der Waals surface area contributed by atoms with Crippen molar-refractivity contribution in [1.29, 1.82) is 0 Å². The van der Waals surface area contributed by atoms with Gasteiger partial charge in [0, 0.05) is 45.2 Å². The van der Waals surface area contributed by atoms with E-state index in [2.05, 4.69) is 21.1 Å². The first-order valence-electron chi connectivity index (χ1n) is 9.39. The van der Waals surface area contributed by atoms with Gasteiger partial charge in [0.1, 0.15) is 5.82 Å². The summed E-state index contributed by atoms with van der Waals surface area (Å²) >= 11 is 0. The average Bonchev–Trinajstić information content (AvgIpc) is 3.26. The van der Waals surface area contributed by atoms with E-state index in [4.69, 9.17) is 0 Å². The Morgan fingerprint density at radius 1 is 1.36 bits per heavy atom. The van der Waals surface area contributed by atoms with Crippen LogP contribution in [0.3, 0.4) is 0 Å². The fourth-order valence-corrected chi connectivity index (χ4v) is 4.79. The Kier molecular flexibility index (Phi) is 4.17. The van der Waals surface area contributed by atoms with Gasteiger partial charge in [-0.1, -0.05) is 6.42 Å². The second kappa shape index (κ2) is 6.35. The molecule has 4 rings (SSSR count). The average molecular weight is 346 g/mol. The van der Waals surface area contributed by atoms with Crippen LogP contribution in [0.25, 0.3) is 0 Å². The Hall–Kier alpha value is -2.05. The zero-order chi connectivity index (χ0) is 17.4. The Morgan fingerprint density at radius 3 is 3.00 bits per heavy atom. The first-order valence-corrected chi connectivity index (χ1v) is 9.39. The van der Waals surface area contributed by atoms with Crippen LogP contribution < -0.4 is 5.32 Å². The summed E-state index contributed by atoms with van der Waals surface area (Å²) in [6.07, 6.45) is 8.83. The molecule has 0 radical (unpaired) electrons. The number of aliphatic carboxylic acids is 1. The highest BCUT2D eigenvalue weighted by molar-refractivity contribution is 5.80. The molecule has 0 spiro atoms. The molecule has 2 N–H and O–H groups in total. The molecule has 2 fully saturated rings. The first kappa shape index (κ1) is 16.4. The van der Waals surface area contributed by atoms with E-state index in [1.54, 1.807) is 4.90 Å². The van der Waals surface area contributed by atoms with Crippen molar-refractivity contribution in [2.75, 3.05) is 19.6 Å². The minimum Gasteiger partial charge on any atom is -0.481 e. The molecule has 1 aliphatic carbocycles. The van der Waals surface area contributed by atoms with E-state index in [9.17, 15) is 14.7 Å². The van der Waals surface area contributed by atoms with Crippen LogP contribution in [0.1, 0.15) is 43.6 Å². The number of carbonyl (C=O) groups excluding carboxylic acids is 1. The summed E-state index contributed by atoms with van der Waals surface area (Å²) in [5.41, 5.74) is 0.317. The maximum Gasteiger partial charge on any atom is 0.317 e. The maximum absolute atomic E-state index is 12.4. The van der Waals surface area contributed by atoms with Crippen molar-refractivity contribution in [3.8, 4) is 0 Å². The van der Waals surface area contributed by atoms with Crippen molar-refractivity contribution < 1.29 is 14.7 Å². The molecule has 3 heterocycles. The molecule has 25 heavy (non-hydrogen) atoms. The van der Waals surface area contributed by atoms with Gasteiger partial charge in [0.15, 0.2) is 0 Å². The first-order chi connectivity index (χ1) is 12.1. The fourth-order valence-electron chi connectivity index (χ4n) is 4.79. The molecular weight excluding hydrogens is 320 g/mol. The highest BCUT2D eigenvalue weighted by atomic mass is 16.4. The van der Waals surface area contributed by atoms with Gasteiger partial charge in [-0.05, 0) is 31.6 Å². The number of amides is 2. The third-order valence-electron chi connectivity index (χ3n) is 6.20. The molecule has 1 aromatic rings. The standard InChI is InChI=1S/C18H26N4O3/c23-16(24)18-7-3-4-13(18)10-22(12-18)17(25)19-8-6-14-11-21-9-2-1-5-15(21)20-14/h11,13H,1-10,12H2,(H,19,25)(H,23,24)/t13-,18+/m0/s1. The number of aryl methyl sites for hydroxylation is 2. The predicted octanol–water partition coefficient (Wildman–Crippen LogP) is 1.66. The number of aromatic nitrogens is 2. The fraction of sp³-hybridized carbons (Fsp3) is 0.722. The molecule has 2 aliphatic heterocycles. The van der Waals surface area contributed by atoms with E-state index < -0.39 is 11.4 Å². The molecule has 3 aliphatic rings. The molecular formula is C18H26N4O3. The van der Waals surface area contributed by atoms with Crippen LogP contribution in [0.2, 0.25) is 0 Å². The van der Waals surface area contributed by atoms with Crippen LogP contribution in [0.15, 0.2) is 6.20 Å². The van der Waals surface area contributed by atoms with Crippen molar-refractivity contribution in [1.82, 2.24) is 19.8 Å². The maximum atomic E-state index is 12.4. The van der Waals surface area contributed by atoms with Crippen molar-refractivity contribution in [3.63, 3.8) is 0 Å². The van der Waals surface area contributed by atoms with Gasteiger partial charge in [-0.2, -0.15) is 0 Å². The van der Waals surface area contributed by atoms with Gasteiger partial charge < -0.3 is 19.9 Å². The lowest BCUT2D eigenvalue weighted by molar-refractivity contribution is -0.149. The van der Waals surface area contributed by atoms with Gasteiger partial charge in [-0.25, -0.2) is 9.78 Å². The zero-order valence-corrected chi connectivity index (χ0v) is 14.5. The molecule has 2 atom stereocenters. The quantitative estimate of drug-likeness (QED) is 0.868. The lowest BCUT2D eigenvalue weighted by Gasteiger charge is -2.23. The summed E-state index contributed by atoms with van der Waals surface area (Å²) in [5, 5.41) is 12.6. The van der Waals surface area contributed by atoms with Gasteiger partial charge in [0.05, 0.1) is 11.1 Å². The molecule has 1 saturated carbocycles. The molecule has 0 unspecified atom stereocenters. The second-order valence-corrected chi connectivity index (χ2v) is 7.71. The van der Waals surface area contributed by atoms with Crippen molar-refractivity contribution in [2.24, 2.45) is 11.3 Å². The number of hydrogen-bond acceptors (Lipinski definition) is 3. The van der Waals surface area contributed by atoms with Crippen molar-refractivity contribution >= 4 is 12.0 Å². The number of fused-ring (bicyclic) bond motifs is 2. The summed E-state index contributed by atoms with van der Waals surface area (Å²) < 4.78 is 2.22. The lowest BCUT2D eigenvalue weighted by Crippen LogP contribution is -2.42. The number of likely N-dealkylation sites (tertiary alicyclic amines) is 1. The third-order valence-corrected chi connectivity index (χ3v) is 6.20. The van der Waals surface area contributed by atoms with E-state index in [0.29, 0.717) is 32.5 Å². The highest BCUT2D eigenvalue weighted by Crippen LogP contribution is 2.48. The van der Waals surface area contributed by atoms with Crippen molar-refractivity contribution in [3.05, 3.63) is 17.7 Å². The van der Waals surface area contributed by atoms with Crippen LogP contribution in [0, 0.1) is 11.3 Å². The summed E-state index contributed by atoms with van der Waals surface area (Å²) in [5.74, 6) is 0.521. The van der Waals surface area contributed by atoms with Gasteiger partial charge in [0.2, 0.25) is 0 Å². The van der Waals surface area contributed by atoms with Gasteiger partial charge >= 0.3 is 12.0 Å². The number of rotatable bonds is 4. The van der Waals surface area contributed by atoms with Crippen LogP contribution in [0.5, 0.6) is 0 Å². The van der Waals surface area contributed by atoms with Gasteiger partial charge in [0.25, 0.3) is 0 Å². The number of nitrogens with zero attached hydrogens (tertiary/aromatic N) is 3. The van der Waals surface area contributed by atoms with Crippen molar-refractivity contribution in [2.45, 2.75) is 51.5 Å². The smallest absolute Gasteiger partial charge is 0.317 e. The summed E-state index contributed by atoms with van der Waals surface area (Å²) in [6.45, 7) is 2.49. The largest absolute Gasteiger partial charge is 0.481 e. The molecule has 0 aromatic carbocycles. The number of urea groups is 1. The Bertz CT molecular complexity index is 662. The van der Waals surface area contributed by atoms with Crippen LogP contribution in [0.4, 0.5) is 4.79 Å². The van der Waals surface area contributed by atoms with Crippen LogP contribution in [-0.2, 0) is 24.2 Å². The highest BCUT2D eigenvalue weighted by Gasteiger charge is 2.55. The van der Waals surface area contributed by atoms with Gasteiger partial charge in [-0.3, -0.25) is 4.79 Å². The summed E-state index contributed by atoms with van der Waals surface area (Å²) in [6, 6.07) is -0.140. The summed E-state index contributed by atoms with van der Waals surface area (Å²) in [4.78, 5) is 30.5. The van der Waals surface area contributed by atoms with E-state index in [1.807, 2.05) is 0 Å². The number of carboxylic acids is 1. The Morgan fingerprint density at radius 2 is 2.24 bits per heavy atom.